The fourth-order valence-electron chi connectivity index (χ4n) is 6.41. The monoisotopic (exact) mass is 813 g/mol. The Bertz CT molecular complexity index is 1850. The van der Waals surface area contributed by atoms with E-state index in [1.54, 1.807) is 11.8 Å². The normalized spacial score (nSPS) is 17.5. The van der Waals surface area contributed by atoms with Gasteiger partial charge < -0.3 is 19.6 Å². The SMILES string of the molecule is CCN(CC1CCC(CC(=O)O)CC1)c1ncc(C(F)(F)F)cc1CN(c1ncc(OCCS(C)(=O)=O)cn1)C(C)c1cc(C(F)(F)F)cc(C(F)(F)F)c1. The molecular formula is C35H40F9N5O5S. The number of halogens is 9. The molecule has 1 atom stereocenters. The van der Waals surface area contributed by atoms with Gasteiger partial charge in [-0.05, 0) is 81.2 Å². The Balaban J connectivity index is 1.80. The van der Waals surface area contributed by atoms with Gasteiger partial charge in [0.25, 0.3) is 0 Å². The summed E-state index contributed by atoms with van der Waals surface area (Å²) in [5.41, 5.74) is -4.93. The Kier molecular flexibility index (Phi) is 13.6. The Hall–Kier alpha value is -4.36. The predicted molar refractivity (Wildman–Crippen MR) is 183 cm³/mol. The Morgan fingerprint density at radius 2 is 1.40 bits per heavy atom. The molecule has 1 N–H and O–H groups in total. The van der Waals surface area contributed by atoms with E-state index in [4.69, 9.17) is 4.74 Å². The van der Waals surface area contributed by atoms with Crippen molar-refractivity contribution < 1.29 is 62.6 Å². The zero-order valence-electron chi connectivity index (χ0n) is 30.0. The van der Waals surface area contributed by atoms with Gasteiger partial charge in [0.2, 0.25) is 5.95 Å². The van der Waals surface area contributed by atoms with Crippen molar-refractivity contribution in [2.75, 3.05) is 41.5 Å². The van der Waals surface area contributed by atoms with Crippen LogP contribution in [-0.4, -0.2) is 66.2 Å². The molecule has 3 aromatic rings. The zero-order valence-corrected chi connectivity index (χ0v) is 30.8. The number of carboxylic acid groups (broad SMARTS) is 1. The fourth-order valence-corrected chi connectivity index (χ4v) is 6.80. The van der Waals surface area contributed by atoms with Gasteiger partial charge >= 0.3 is 24.5 Å². The molecule has 0 spiro atoms. The van der Waals surface area contributed by atoms with E-state index in [0.29, 0.717) is 50.6 Å². The van der Waals surface area contributed by atoms with Gasteiger partial charge in [-0.2, -0.15) is 39.5 Å². The molecule has 2 aromatic heterocycles. The standard InChI is InChI=1S/C35H40F9N5O5S/c1-4-48(19-23-7-5-22(6-8-23)11-30(50)51)31-25(14-28(16-45-31)35(42,43)44)20-49(32-46-17-29(18-47-32)54-9-10-55(3,52)53)21(2)24-12-26(33(36,37)38)15-27(13-24)34(39,40)41/h12-18,21-23H,4-11,19-20H2,1-3H3,(H,50,51). The highest BCUT2D eigenvalue weighted by atomic mass is 32.2. The van der Waals surface area contributed by atoms with Crippen LogP contribution in [0.4, 0.5) is 51.3 Å². The number of alkyl halides is 9. The summed E-state index contributed by atoms with van der Waals surface area (Å²) in [6.07, 6.45) is -8.86. The van der Waals surface area contributed by atoms with Gasteiger partial charge in [-0.15, -0.1) is 0 Å². The van der Waals surface area contributed by atoms with Crippen LogP contribution in [-0.2, 0) is 39.7 Å². The first-order chi connectivity index (χ1) is 25.4. The number of sulfone groups is 1. The van der Waals surface area contributed by atoms with E-state index in [-0.39, 0.29) is 66.3 Å². The molecule has 0 amide bonds. The van der Waals surface area contributed by atoms with Crippen LogP contribution in [0.2, 0.25) is 0 Å². The zero-order chi connectivity index (χ0) is 40.9. The lowest BCUT2D eigenvalue weighted by molar-refractivity contribution is -0.143. The van der Waals surface area contributed by atoms with E-state index in [1.807, 2.05) is 0 Å². The number of aliphatic carboxylic acids is 1. The summed E-state index contributed by atoms with van der Waals surface area (Å²) in [6, 6.07) is 0.384. The number of nitrogens with zero attached hydrogens (tertiary/aromatic N) is 5. The molecule has 1 aliphatic rings. The van der Waals surface area contributed by atoms with Gasteiger partial charge in [-0.25, -0.2) is 23.4 Å². The van der Waals surface area contributed by atoms with Crippen molar-refractivity contribution >= 4 is 27.6 Å². The molecule has 55 heavy (non-hydrogen) atoms. The summed E-state index contributed by atoms with van der Waals surface area (Å²) in [5, 5.41) is 9.18. The second-order valence-electron chi connectivity index (χ2n) is 13.6. The van der Waals surface area contributed by atoms with Crippen LogP contribution in [0.3, 0.4) is 0 Å². The van der Waals surface area contributed by atoms with Gasteiger partial charge in [-0.1, -0.05) is 0 Å². The van der Waals surface area contributed by atoms with Crippen molar-refractivity contribution in [2.24, 2.45) is 11.8 Å². The van der Waals surface area contributed by atoms with Gasteiger partial charge in [0.15, 0.2) is 15.6 Å². The Morgan fingerprint density at radius 3 is 1.89 bits per heavy atom. The molecule has 1 aromatic carbocycles. The molecule has 1 fully saturated rings. The quantitative estimate of drug-likeness (QED) is 0.150. The van der Waals surface area contributed by atoms with Crippen molar-refractivity contribution in [3.05, 3.63) is 70.7 Å². The first kappa shape index (κ1) is 43.4. The van der Waals surface area contributed by atoms with Crippen molar-refractivity contribution in [1.82, 2.24) is 15.0 Å². The summed E-state index contributed by atoms with van der Waals surface area (Å²) < 4.78 is 154. The lowest BCUT2D eigenvalue weighted by Crippen LogP contribution is -2.35. The highest BCUT2D eigenvalue weighted by Gasteiger charge is 2.39. The lowest BCUT2D eigenvalue weighted by Gasteiger charge is -2.35. The third-order valence-electron chi connectivity index (χ3n) is 9.35. The molecule has 1 aliphatic carbocycles. The largest absolute Gasteiger partial charge is 0.489 e. The number of carboxylic acids is 1. The Labute approximate surface area is 311 Å². The van der Waals surface area contributed by atoms with Crippen molar-refractivity contribution in [3.8, 4) is 5.75 Å². The third kappa shape index (κ3) is 12.3. The van der Waals surface area contributed by atoms with Crippen molar-refractivity contribution in [1.29, 1.82) is 0 Å². The van der Waals surface area contributed by atoms with Crippen LogP contribution >= 0.6 is 0 Å². The molecule has 20 heteroatoms. The molecule has 1 unspecified atom stereocenters. The number of carbonyl (C=O) groups is 1. The van der Waals surface area contributed by atoms with Gasteiger partial charge in [0, 0.05) is 37.5 Å². The van der Waals surface area contributed by atoms with E-state index < -0.39 is 69.2 Å². The maximum absolute atomic E-state index is 14.1. The molecule has 0 aliphatic heterocycles. The van der Waals surface area contributed by atoms with Crippen LogP contribution in [0.25, 0.3) is 0 Å². The maximum Gasteiger partial charge on any atom is 0.417 e. The second-order valence-corrected chi connectivity index (χ2v) is 15.8. The molecule has 0 bridgehead atoms. The molecule has 304 valence electrons. The number of ether oxygens (including phenoxy) is 1. The average Bonchev–Trinajstić information content (AvgIpc) is 3.08. The van der Waals surface area contributed by atoms with Crippen LogP contribution in [0.5, 0.6) is 5.75 Å². The summed E-state index contributed by atoms with van der Waals surface area (Å²) >= 11 is 0. The van der Waals surface area contributed by atoms with E-state index in [9.17, 15) is 57.8 Å². The number of rotatable bonds is 15. The average molecular weight is 814 g/mol. The molecule has 0 radical (unpaired) electrons. The van der Waals surface area contributed by atoms with Gasteiger partial charge in [0.1, 0.15) is 12.4 Å². The molecule has 1 saturated carbocycles. The van der Waals surface area contributed by atoms with E-state index in [0.717, 1.165) is 29.6 Å². The van der Waals surface area contributed by atoms with Crippen LogP contribution in [0, 0.1) is 11.8 Å². The number of anilines is 2. The maximum atomic E-state index is 14.1. The predicted octanol–water partition coefficient (Wildman–Crippen LogP) is 8.23. The lowest BCUT2D eigenvalue weighted by atomic mass is 9.80. The number of pyridine rings is 1. The summed E-state index contributed by atoms with van der Waals surface area (Å²) in [7, 11) is -3.41. The highest BCUT2D eigenvalue weighted by Crippen LogP contribution is 2.40. The molecule has 4 rings (SSSR count). The van der Waals surface area contributed by atoms with Gasteiger partial charge in [-0.3, -0.25) is 4.79 Å². The van der Waals surface area contributed by atoms with Crippen LogP contribution in [0.15, 0.2) is 42.9 Å². The fraction of sp³-hybridized carbons (Fsp3) is 0.543. The number of hydrogen-bond donors (Lipinski definition) is 1. The van der Waals surface area contributed by atoms with Crippen molar-refractivity contribution in [3.63, 3.8) is 0 Å². The van der Waals surface area contributed by atoms with E-state index >= 15 is 0 Å². The minimum absolute atomic E-state index is 0.0104. The number of benzene rings is 1. The molecular weight excluding hydrogens is 773 g/mol. The first-order valence-electron chi connectivity index (χ1n) is 17.2. The second kappa shape index (κ2) is 17.2. The van der Waals surface area contributed by atoms with Crippen LogP contribution in [0.1, 0.15) is 79.8 Å². The van der Waals surface area contributed by atoms with Crippen LogP contribution < -0.4 is 14.5 Å². The molecule has 10 nitrogen and oxygen atoms in total. The number of hydrogen-bond acceptors (Lipinski definition) is 9. The first-order valence-corrected chi connectivity index (χ1v) is 19.2. The topological polar surface area (TPSA) is 126 Å². The third-order valence-corrected chi connectivity index (χ3v) is 10.3. The van der Waals surface area contributed by atoms with Crippen molar-refractivity contribution in [2.45, 2.75) is 77.1 Å². The Morgan fingerprint density at radius 1 is 0.855 bits per heavy atom. The summed E-state index contributed by atoms with van der Waals surface area (Å²) in [4.78, 5) is 26.6. The number of aromatic nitrogens is 3. The highest BCUT2D eigenvalue weighted by molar-refractivity contribution is 7.90. The minimum atomic E-state index is -5.19. The smallest absolute Gasteiger partial charge is 0.417 e. The van der Waals surface area contributed by atoms with E-state index in [2.05, 4.69) is 15.0 Å². The minimum Gasteiger partial charge on any atom is -0.489 e. The summed E-state index contributed by atoms with van der Waals surface area (Å²) in [5.74, 6) is -1.51. The van der Waals surface area contributed by atoms with E-state index in [1.165, 1.54) is 6.92 Å². The summed E-state index contributed by atoms with van der Waals surface area (Å²) in [6.45, 7) is 2.72. The molecule has 2 heterocycles. The molecule has 0 saturated heterocycles. The van der Waals surface area contributed by atoms with Gasteiger partial charge in [0.05, 0.1) is 47.4 Å².